The van der Waals surface area contributed by atoms with Crippen LogP contribution < -0.4 is 5.32 Å². The molecule has 1 N–H and O–H groups in total. The van der Waals surface area contributed by atoms with E-state index in [0.717, 1.165) is 20.6 Å². The van der Waals surface area contributed by atoms with E-state index in [1.165, 1.54) is 12.3 Å². The molecule has 3 nitrogen and oxygen atoms in total. The van der Waals surface area contributed by atoms with Gasteiger partial charge in [0.05, 0.1) is 11.9 Å². The second kappa shape index (κ2) is 5.39. The number of rotatable bonds is 3. The van der Waals surface area contributed by atoms with Crippen LogP contribution in [0.1, 0.15) is 11.3 Å². The SMILES string of the molecule is Cc1nc(NCc2cncc(F)c2)ccc1I. The van der Waals surface area contributed by atoms with Crippen LogP contribution in [-0.2, 0) is 6.54 Å². The maximum atomic E-state index is 12.9. The Bertz CT molecular complexity index is 531. The third kappa shape index (κ3) is 3.36. The van der Waals surface area contributed by atoms with E-state index < -0.39 is 0 Å². The van der Waals surface area contributed by atoms with E-state index in [0.29, 0.717) is 6.54 Å². The van der Waals surface area contributed by atoms with Gasteiger partial charge in [0.25, 0.3) is 0 Å². The Kier molecular flexibility index (Phi) is 3.88. The summed E-state index contributed by atoms with van der Waals surface area (Å²) in [6.07, 6.45) is 2.83. The number of hydrogen-bond acceptors (Lipinski definition) is 3. The fourth-order valence-corrected chi connectivity index (χ4v) is 1.69. The Labute approximate surface area is 113 Å². The first-order valence-electron chi connectivity index (χ1n) is 5.11. The van der Waals surface area contributed by atoms with Crippen LogP contribution in [0.15, 0.2) is 30.6 Å². The zero-order chi connectivity index (χ0) is 12.3. The number of anilines is 1. The van der Waals surface area contributed by atoms with Gasteiger partial charge in [0.2, 0.25) is 0 Å². The van der Waals surface area contributed by atoms with E-state index in [2.05, 4.69) is 37.9 Å². The van der Waals surface area contributed by atoms with Crippen molar-refractivity contribution in [1.29, 1.82) is 0 Å². The van der Waals surface area contributed by atoms with Crippen molar-refractivity contribution in [2.45, 2.75) is 13.5 Å². The van der Waals surface area contributed by atoms with Crippen LogP contribution in [0.2, 0.25) is 0 Å². The monoisotopic (exact) mass is 343 g/mol. The van der Waals surface area contributed by atoms with Crippen molar-refractivity contribution in [2.75, 3.05) is 5.32 Å². The second-order valence-corrected chi connectivity index (χ2v) is 4.79. The summed E-state index contributed by atoms with van der Waals surface area (Å²) >= 11 is 2.24. The first-order chi connectivity index (χ1) is 8.15. The molecule has 0 spiro atoms. The molecule has 17 heavy (non-hydrogen) atoms. The molecular weight excluding hydrogens is 332 g/mol. The van der Waals surface area contributed by atoms with Crippen molar-refractivity contribution in [3.8, 4) is 0 Å². The molecule has 5 heteroatoms. The van der Waals surface area contributed by atoms with Crippen molar-refractivity contribution < 1.29 is 4.39 Å². The molecular formula is C12H11FIN3. The Hall–Kier alpha value is -1.24. The van der Waals surface area contributed by atoms with Gasteiger partial charge in [0, 0.05) is 16.3 Å². The molecule has 0 bridgehead atoms. The van der Waals surface area contributed by atoms with Crippen molar-refractivity contribution in [1.82, 2.24) is 9.97 Å². The van der Waals surface area contributed by atoms with Crippen LogP contribution >= 0.6 is 22.6 Å². The van der Waals surface area contributed by atoms with Gasteiger partial charge in [-0.05, 0) is 53.3 Å². The normalized spacial score (nSPS) is 10.3. The van der Waals surface area contributed by atoms with Crippen LogP contribution in [-0.4, -0.2) is 9.97 Å². The number of hydrogen-bond donors (Lipinski definition) is 1. The van der Waals surface area contributed by atoms with Gasteiger partial charge >= 0.3 is 0 Å². The van der Waals surface area contributed by atoms with Gasteiger partial charge in [0.15, 0.2) is 0 Å². The number of aryl methyl sites for hydroxylation is 1. The molecule has 0 fully saturated rings. The largest absolute Gasteiger partial charge is 0.366 e. The highest BCUT2D eigenvalue weighted by Gasteiger charge is 2.00. The van der Waals surface area contributed by atoms with E-state index in [1.54, 1.807) is 6.20 Å². The molecule has 0 unspecified atom stereocenters. The standard InChI is InChI=1S/C12H11FIN3/c1-8-11(14)2-3-12(17-8)16-6-9-4-10(13)7-15-5-9/h2-5,7H,6H2,1H3,(H,16,17). The van der Waals surface area contributed by atoms with E-state index in [4.69, 9.17) is 0 Å². The Morgan fingerprint density at radius 1 is 1.35 bits per heavy atom. The van der Waals surface area contributed by atoms with Crippen LogP contribution in [0, 0.1) is 16.3 Å². The molecule has 2 rings (SSSR count). The first kappa shape index (κ1) is 12.2. The van der Waals surface area contributed by atoms with Crippen molar-refractivity contribution in [3.05, 3.63) is 51.2 Å². The van der Waals surface area contributed by atoms with Gasteiger partial charge in [-0.25, -0.2) is 9.37 Å². The molecule has 2 aromatic heterocycles. The maximum Gasteiger partial charge on any atom is 0.141 e. The van der Waals surface area contributed by atoms with Crippen LogP contribution in [0.25, 0.3) is 0 Å². The fourth-order valence-electron chi connectivity index (χ4n) is 1.39. The van der Waals surface area contributed by atoms with Crippen LogP contribution in [0.5, 0.6) is 0 Å². The minimum atomic E-state index is -0.323. The average molecular weight is 343 g/mol. The van der Waals surface area contributed by atoms with E-state index in [9.17, 15) is 4.39 Å². The van der Waals surface area contributed by atoms with Gasteiger partial charge in [0.1, 0.15) is 11.6 Å². The lowest BCUT2D eigenvalue weighted by molar-refractivity contribution is 0.619. The first-order valence-corrected chi connectivity index (χ1v) is 6.19. The quantitative estimate of drug-likeness (QED) is 0.871. The lowest BCUT2D eigenvalue weighted by Gasteiger charge is -2.07. The number of halogens is 2. The highest BCUT2D eigenvalue weighted by molar-refractivity contribution is 14.1. The highest BCUT2D eigenvalue weighted by atomic mass is 127. The van der Waals surface area contributed by atoms with E-state index in [1.807, 2.05) is 19.1 Å². The van der Waals surface area contributed by atoms with Gasteiger partial charge in [-0.2, -0.15) is 0 Å². The summed E-state index contributed by atoms with van der Waals surface area (Å²) in [5, 5.41) is 3.14. The molecule has 0 amide bonds. The molecule has 0 aliphatic rings. The Morgan fingerprint density at radius 2 is 2.18 bits per heavy atom. The molecule has 88 valence electrons. The van der Waals surface area contributed by atoms with E-state index >= 15 is 0 Å². The zero-order valence-corrected chi connectivity index (χ0v) is 11.4. The van der Waals surface area contributed by atoms with E-state index in [-0.39, 0.29) is 5.82 Å². The minimum Gasteiger partial charge on any atom is -0.366 e. The number of aromatic nitrogens is 2. The smallest absolute Gasteiger partial charge is 0.141 e. The molecule has 0 aromatic carbocycles. The van der Waals surface area contributed by atoms with Gasteiger partial charge in [-0.3, -0.25) is 4.98 Å². The molecule has 0 aliphatic heterocycles. The summed E-state index contributed by atoms with van der Waals surface area (Å²) < 4.78 is 14.0. The van der Waals surface area contributed by atoms with Crippen LogP contribution in [0.4, 0.5) is 10.2 Å². The van der Waals surface area contributed by atoms with Crippen LogP contribution in [0.3, 0.4) is 0 Å². The summed E-state index contributed by atoms with van der Waals surface area (Å²) in [5.74, 6) is 0.461. The van der Waals surface area contributed by atoms with Gasteiger partial charge in [-0.1, -0.05) is 0 Å². The third-order valence-electron chi connectivity index (χ3n) is 2.26. The third-order valence-corrected chi connectivity index (χ3v) is 3.40. The molecule has 0 atom stereocenters. The summed E-state index contributed by atoms with van der Waals surface area (Å²) in [6, 6.07) is 5.36. The lowest BCUT2D eigenvalue weighted by Crippen LogP contribution is -2.03. The molecule has 0 aliphatic carbocycles. The lowest BCUT2D eigenvalue weighted by atomic mass is 10.3. The topological polar surface area (TPSA) is 37.8 Å². The van der Waals surface area contributed by atoms with Gasteiger partial charge < -0.3 is 5.32 Å². The van der Waals surface area contributed by atoms with Crippen molar-refractivity contribution in [3.63, 3.8) is 0 Å². The van der Waals surface area contributed by atoms with Gasteiger partial charge in [-0.15, -0.1) is 0 Å². The molecule has 2 heterocycles. The zero-order valence-electron chi connectivity index (χ0n) is 9.24. The number of nitrogens with one attached hydrogen (secondary N) is 1. The highest BCUT2D eigenvalue weighted by Crippen LogP contribution is 2.13. The minimum absolute atomic E-state index is 0.323. The predicted octanol–water partition coefficient (Wildman–Crippen LogP) is 3.14. The summed E-state index contributed by atoms with van der Waals surface area (Å²) in [6.45, 7) is 2.47. The maximum absolute atomic E-state index is 12.9. The van der Waals surface area contributed by atoms with Crippen molar-refractivity contribution in [2.24, 2.45) is 0 Å². The summed E-state index contributed by atoms with van der Waals surface area (Å²) in [7, 11) is 0. The molecule has 0 saturated carbocycles. The second-order valence-electron chi connectivity index (χ2n) is 3.63. The summed E-state index contributed by atoms with van der Waals surface area (Å²) in [4.78, 5) is 8.17. The molecule has 0 radical (unpaired) electrons. The number of nitrogens with zero attached hydrogens (tertiary/aromatic N) is 2. The molecule has 0 saturated heterocycles. The Morgan fingerprint density at radius 3 is 2.88 bits per heavy atom. The predicted molar refractivity (Wildman–Crippen MR) is 73.2 cm³/mol. The fraction of sp³-hybridized carbons (Fsp3) is 0.167. The average Bonchev–Trinajstić information content (AvgIpc) is 2.31. The Balaban J connectivity index is 2.05. The molecule has 2 aromatic rings. The van der Waals surface area contributed by atoms with Crippen molar-refractivity contribution >= 4 is 28.4 Å². The summed E-state index contributed by atoms with van der Waals surface area (Å²) in [5.41, 5.74) is 1.77. The number of pyridine rings is 2.